The van der Waals surface area contributed by atoms with E-state index in [9.17, 15) is 39.6 Å². The fourth-order valence-corrected chi connectivity index (χ4v) is 1.44. The molecule has 0 amide bonds. The van der Waals surface area contributed by atoms with Crippen molar-refractivity contribution in [1.29, 1.82) is 0 Å². The van der Waals surface area contributed by atoms with Gasteiger partial charge in [0.05, 0.1) is 23.9 Å². The van der Waals surface area contributed by atoms with E-state index < -0.39 is 50.1 Å². The molecule has 16 N–H and O–H groups in total. The molecule has 223 valence electrons. The van der Waals surface area contributed by atoms with Crippen LogP contribution in [-0.2, 0) is 36.2 Å². The first-order chi connectivity index (χ1) is 16.9. The summed E-state index contributed by atoms with van der Waals surface area (Å²) >= 11 is 0. The minimum absolute atomic E-state index is 0. The predicted molar refractivity (Wildman–Crippen MR) is 125 cm³/mol. The van der Waals surface area contributed by atoms with E-state index in [1.807, 2.05) is 0 Å². The normalized spacial score (nSPS) is 8.79. The van der Waals surface area contributed by atoms with Gasteiger partial charge in [-0.05, 0) is 0 Å². The molecule has 0 aromatic rings. The number of carbonyl (C=O) groups excluding carboxylic acids is 4. The van der Waals surface area contributed by atoms with Crippen molar-refractivity contribution in [2.45, 2.75) is 0 Å². The van der Waals surface area contributed by atoms with Crippen LogP contribution in [0.1, 0.15) is 0 Å². The second-order valence-corrected chi connectivity index (χ2v) is 6.22. The van der Waals surface area contributed by atoms with Gasteiger partial charge in [0.25, 0.3) is 0 Å². The van der Waals surface area contributed by atoms with Gasteiger partial charge in [0.2, 0.25) is 0 Å². The molecule has 0 rings (SSSR count). The van der Waals surface area contributed by atoms with Crippen LogP contribution in [0.2, 0.25) is 0 Å². The van der Waals surface area contributed by atoms with Gasteiger partial charge in [-0.3, -0.25) is 9.80 Å². The Kier molecular flexibility index (Phi) is 64.3. The van der Waals surface area contributed by atoms with Gasteiger partial charge in [-0.1, -0.05) is 0 Å². The minimum Gasteiger partial charge on any atom is -0.549 e. The zero-order valence-corrected chi connectivity index (χ0v) is 25.1. The van der Waals surface area contributed by atoms with Crippen LogP contribution in [-0.4, -0.2) is 125 Å². The van der Waals surface area contributed by atoms with Gasteiger partial charge in [0.15, 0.2) is 0 Å². The molecule has 0 atom stereocenters. The number of hydrogen-bond acceptors (Lipinski definition) is 18. The molecule has 0 aliphatic carbocycles. The Morgan fingerprint density at radius 1 is 0.421 bits per heavy atom. The molecule has 0 unspecified atom stereocenters. The monoisotopic (exact) mass is 607 g/mol. The van der Waals surface area contributed by atoms with E-state index in [-0.39, 0.29) is 59.7 Å². The third-order valence-corrected chi connectivity index (χ3v) is 2.81. The van der Waals surface area contributed by atoms with Crippen LogP contribution < -0.4 is 95.9 Å². The molecule has 0 saturated carbocycles. The number of nitrogens with zero attached hydrogens (tertiary/aromatic N) is 2. The standard InChI is InChI=1S/C10H16N2O8.4C2H8N2.Fe.Na/c13-7(14)3-11(4-8(15)16)1-2-12(5-9(17)18)6-10(19)20;4*3-1-2-4;;/h1-6H2,(H,13,14)(H,15,16)(H,17,18)(H,19,20);4*1-4H2;;/q;;;;;+3;+1/p-4. The van der Waals surface area contributed by atoms with Crippen molar-refractivity contribution < 1.29 is 86.2 Å². The Bertz CT molecular complexity index is 440. The summed E-state index contributed by atoms with van der Waals surface area (Å²) in [6.07, 6.45) is 0. The quantitative estimate of drug-likeness (QED) is 0.0800. The van der Waals surface area contributed by atoms with Gasteiger partial charge in [-0.25, -0.2) is 0 Å². The van der Waals surface area contributed by atoms with Crippen LogP contribution in [0.5, 0.6) is 0 Å². The molecule has 0 aliphatic heterocycles. The second kappa shape index (κ2) is 45.9. The molecule has 0 bridgehead atoms. The van der Waals surface area contributed by atoms with Gasteiger partial charge in [0.1, 0.15) is 0 Å². The first kappa shape index (κ1) is 53.3. The molecule has 0 saturated heterocycles. The Hall–Kier alpha value is -1.00. The Balaban J connectivity index is -0.0000000873. The third-order valence-electron chi connectivity index (χ3n) is 2.81. The molecule has 0 spiro atoms. The smallest absolute Gasteiger partial charge is 0.549 e. The molecule has 0 fully saturated rings. The van der Waals surface area contributed by atoms with E-state index in [2.05, 4.69) is 0 Å². The fraction of sp³-hybridized carbons (Fsp3) is 0.778. The van der Waals surface area contributed by atoms with Crippen molar-refractivity contribution >= 4 is 23.9 Å². The summed E-state index contributed by atoms with van der Waals surface area (Å²) in [4.78, 5) is 43.4. The van der Waals surface area contributed by atoms with Gasteiger partial charge in [-0.15, -0.1) is 0 Å². The van der Waals surface area contributed by atoms with E-state index >= 15 is 0 Å². The maximum absolute atomic E-state index is 10.4. The van der Waals surface area contributed by atoms with E-state index in [0.29, 0.717) is 52.4 Å². The van der Waals surface area contributed by atoms with Crippen molar-refractivity contribution in [1.82, 2.24) is 9.80 Å². The fourth-order valence-electron chi connectivity index (χ4n) is 1.44. The molecular formula is C18H44FeN10NaO8. The Morgan fingerprint density at radius 3 is 0.632 bits per heavy atom. The van der Waals surface area contributed by atoms with Gasteiger partial charge in [0, 0.05) is 91.6 Å². The SMILES string of the molecule is NCCN.NCCN.NCCN.NCCN.O=C([O-])CN(CCN(CC(=O)[O-])CC(=O)[O-])CC(=O)[O-].[Fe+3].[Na+]. The second-order valence-electron chi connectivity index (χ2n) is 6.22. The summed E-state index contributed by atoms with van der Waals surface area (Å²) in [5.74, 6) is -6.12. The molecule has 0 aliphatic rings. The largest absolute Gasteiger partial charge is 3.00 e. The zero-order chi connectivity index (χ0) is 29.4. The summed E-state index contributed by atoms with van der Waals surface area (Å²) in [5, 5.41) is 41.6. The number of aliphatic carboxylic acids is 4. The number of rotatable bonds is 15. The average molecular weight is 607 g/mol. The van der Waals surface area contributed by atoms with Gasteiger partial charge < -0.3 is 85.5 Å². The zero-order valence-electron chi connectivity index (χ0n) is 22.0. The van der Waals surface area contributed by atoms with Crippen LogP contribution in [0.3, 0.4) is 0 Å². The van der Waals surface area contributed by atoms with Crippen molar-refractivity contribution in [3.05, 3.63) is 0 Å². The Labute approximate surface area is 256 Å². The summed E-state index contributed by atoms with van der Waals surface area (Å²) in [7, 11) is 0. The number of carbonyl (C=O) groups is 4. The maximum atomic E-state index is 10.4. The molecule has 38 heavy (non-hydrogen) atoms. The summed E-state index contributed by atoms with van der Waals surface area (Å²) < 4.78 is 0. The Morgan fingerprint density at radius 2 is 0.553 bits per heavy atom. The predicted octanol–water partition coefficient (Wildman–Crippen LogP) is -14.8. The molecule has 18 nitrogen and oxygen atoms in total. The van der Waals surface area contributed by atoms with Crippen molar-refractivity contribution in [3.8, 4) is 0 Å². The van der Waals surface area contributed by atoms with Crippen molar-refractivity contribution in [2.24, 2.45) is 45.9 Å². The molecule has 0 heterocycles. The van der Waals surface area contributed by atoms with Gasteiger partial charge in [-0.2, -0.15) is 0 Å². The average Bonchev–Trinajstić information content (AvgIpc) is 2.81. The van der Waals surface area contributed by atoms with Crippen LogP contribution in [0.25, 0.3) is 0 Å². The number of carboxylic acids is 4. The summed E-state index contributed by atoms with van der Waals surface area (Å²) in [6.45, 7) is 1.53. The maximum Gasteiger partial charge on any atom is 3.00 e. The third kappa shape index (κ3) is 70.2. The van der Waals surface area contributed by atoms with Crippen LogP contribution >= 0.6 is 0 Å². The minimum atomic E-state index is -1.53. The van der Waals surface area contributed by atoms with Crippen molar-refractivity contribution in [3.63, 3.8) is 0 Å². The first-order valence-electron chi connectivity index (χ1n) is 10.7. The van der Waals surface area contributed by atoms with E-state index in [0.717, 1.165) is 9.80 Å². The van der Waals surface area contributed by atoms with Crippen LogP contribution in [0.4, 0.5) is 0 Å². The number of carboxylic acid groups (broad SMARTS) is 4. The van der Waals surface area contributed by atoms with Crippen LogP contribution in [0, 0.1) is 0 Å². The van der Waals surface area contributed by atoms with Gasteiger partial charge >= 0.3 is 46.6 Å². The molecule has 20 heteroatoms. The molecule has 1 radical (unpaired) electrons. The number of hydrogen-bond donors (Lipinski definition) is 8. The van der Waals surface area contributed by atoms with Crippen LogP contribution in [0.15, 0.2) is 0 Å². The molecule has 0 aromatic carbocycles. The van der Waals surface area contributed by atoms with E-state index in [4.69, 9.17) is 45.9 Å². The topological polar surface area (TPSA) is 375 Å². The first-order valence-corrected chi connectivity index (χ1v) is 10.7. The summed E-state index contributed by atoms with van der Waals surface area (Å²) in [6, 6.07) is 0. The molecular weight excluding hydrogens is 563 g/mol. The summed E-state index contributed by atoms with van der Waals surface area (Å²) in [5.41, 5.74) is 39.2. The molecule has 0 aromatic heterocycles. The van der Waals surface area contributed by atoms with E-state index in [1.165, 1.54) is 0 Å². The number of nitrogens with two attached hydrogens (primary N) is 8. The van der Waals surface area contributed by atoms with E-state index in [1.54, 1.807) is 0 Å². The van der Waals surface area contributed by atoms with Crippen molar-refractivity contribution in [2.75, 3.05) is 91.6 Å².